The third-order valence-corrected chi connectivity index (χ3v) is 13.8. The molecule has 5 heterocycles. The van der Waals surface area contributed by atoms with Crippen molar-refractivity contribution in [1.82, 2.24) is 10.6 Å². The molecule has 5 fully saturated rings. The summed E-state index contributed by atoms with van der Waals surface area (Å²) < 4.78 is 56.7. The van der Waals surface area contributed by atoms with E-state index in [2.05, 4.69) is 10.6 Å². The number of carbonyl (C=O) groups excluding carboxylic acids is 2. The standard InChI is InChI=1S/C43H74N2O34/c1-11(52)44-21-13(54)3-43(42(68)69,78-35(21)24(59)15(56)5-47)79-37-26(61)18(8-50)72-41(32(37)67)76-34-19(9-51)73-38(22(28(34)63)45-12(2)53)70-10-20-27(62)36(77-39-30(65)29(64)25(60)17(7-49)71-39)31(66)40(74-20)75-33(16(57)6-48)23(58)14(55)4-46/h13-41,46-51,54-67H,3-10H2,1-2H3,(H,44,52)(H,45,53)(H,68,69)/t13-,14-,15+,16+,17+,18+,19+,20+,21+,22+,23+,24+,25-,26-,27-,28+,29-,30+,31+,32+,33+,34+,35+,36-,37-,38+,39-,40-,41-,43-/m0/s1. The number of carbonyl (C=O) groups is 3. The molecule has 5 aliphatic heterocycles. The van der Waals surface area contributed by atoms with Gasteiger partial charge in [-0.15, -0.1) is 0 Å². The molecule has 36 nitrogen and oxygen atoms in total. The Morgan fingerprint density at radius 2 is 1.04 bits per heavy atom. The molecule has 0 aromatic carbocycles. The molecule has 2 amide bonds. The normalized spacial score (nSPS) is 43.4. The average Bonchev–Trinajstić information content (AvgIpc) is 3.41. The molecule has 0 unspecified atom stereocenters. The fraction of sp³-hybridized carbons (Fsp3) is 0.930. The lowest BCUT2D eigenvalue weighted by Gasteiger charge is -2.51. The van der Waals surface area contributed by atoms with Crippen LogP contribution >= 0.6 is 0 Å². The predicted octanol–water partition coefficient (Wildman–Crippen LogP) is -15.0. The summed E-state index contributed by atoms with van der Waals surface area (Å²) in [6.45, 7) is -5.75. The van der Waals surface area contributed by atoms with Gasteiger partial charge in [-0.05, 0) is 0 Å². The fourth-order valence-electron chi connectivity index (χ4n) is 9.52. The summed E-state index contributed by atoms with van der Waals surface area (Å²) in [5, 5.41) is 227. The van der Waals surface area contributed by atoms with Crippen LogP contribution in [0.2, 0.25) is 0 Å². The number of hydrogen-bond donors (Lipinski definition) is 23. The predicted molar refractivity (Wildman–Crippen MR) is 242 cm³/mol. The first-order valence-corrected chi connectivity index (χ1v) is 24.7. The van der Waals surface area contributed by atoms with Crippen LogP contribution in [0.5, 0.6) is 0 Å². The van der Waals surface area contributed by atoms with Gasteiger partial charge in [-0.2, -0.15) is 0 Å². The van der Waals surface area contributed by atoms with Gasteiger partial charge in [-0.25, -0.2) is 4.79 Å². The lowest BCUT2D eigenvalue weighted by Crippen LogP contribution is -2.71. The number of carboxylic acid groups (broad SMARTS) is 1. The van der Waals surface area contributed by atoms with E-state index in [0.29, 0.717) is 0 Å². The van der Waals surface area contributed by atoms with E-state index in [1.54, 1.807) is 0 Å². The summed E-state index contributed by atoms with van der Waals surface area (Å²) in [6, 6.07) is -3.50. The van der Waals surface area contributed by atoms with Gasteiger partial charge in [0, 0.05) is 20.3 Å². The number of rotatable bonds is 25. The third-order valence-electron chi connectivity index (χ3n) is 13.8. The topological polar surface area (TPSA) is 592 Å². The highest BCUT2D eigenvalue weighted by Crippen LogP contribution is 2.39. The van der Waals surface area contributed by atoms with Crippen LogP contribution in [0.1, 0.15) is 20.3 Å². The zero-order chi connectivity index (χ0) is 59.1. The van der Waals surface area contributed by atoms with E-state index in [-0.39, 0.29) is 0 Å². The van der Waals surface area contributed by atoms with E-state index >= 15 is 0 Å². The summed E-state index contributed by atoms with van der Waals surface area (Å²) in [5.41, 5.74) is 0. The first-order valence-electron chi connectivity index (χ1n) is 24.7. The fourth-order valence-corrected chi connectivity index (χ4v) is 9.52. The number of hydrogen-bond acceptors (Lipinski definition) is 33. The highest BCUT2D eigenvalue weighted by atomic mass is 16.8. The molecule has 5 rings (SSSR count). The molecular formula is C43H74N2O34. The molecule has 0 bridgehead atoms. The Hall–Kier alpha value is -2.79. The highest BCUT2D eigenvalue weighted by molar-refractivity contribution is 5.76. The van der Waals surface area contributed by atoms with E-state index < -0.39 is 254 Å². The lowest BCUT2D eigenvalue weighted by molar-refractivity contribution is -0.385. The molecule has 0 spiro atoms. The van der Waals surface area contributed by atoms with Gasteiger partial charge in [0.1, 0.15) is 140 Å². The van der Waals surface area contributed by atoms with Crippen LogP contribution in [0.25, 0.3) is 0 Å². The Morgan fingerprint density at radius 1 is 0.544 bits per heavy atom. The molecule has 0 radical (unpaired) electrons. The van der Waals surface area contributed by atoms with Crippen molar-refractivity contribution < 1.29 is 169 Å². The second-order valence-electron chi connectivity index (χ2n) is 19.5. The van der Waals surface area contributed by atoms with Crippen LogP contribution in [0.3, 0.4) is 0 Å². The third kappa shape index (κ3) is 15.1. The SMILES string of the molecule is CC(=O)N[C@H]1[C@H](OC[C@H]2O[C@@H](O[C@@H]([C@H](O)[C@@H](O)CO)[C@H](O)CO)[C@H](O)[C@@H](O[C@@H]3O[C@H](CO)[C@H](O)[C@H](O)[C@H]3O)[C@H]2O)O[C@H](CO)[C@@H](O[C@@H]2O[C@H](CO)[C@H](O)[C@H](O[C@]3(C(=O)O)C[C@H](O)[C@@H](NC(C)=O)[C@H]([C@H](O)[C@H](O)CO)O3)[C@H]2O)[C@@H]1O. The molecule has 0 aromatic rings. The molecule has 0 saturated carbocycles. The van der Waals surface area contributed by atoms with Crippen molar-refractivity contribution >= 4 is 17.8 Å². The maximum atomic E-state index is 13.0. The number of amides is 2. The van der Waals surface area contributed by atoms with Crippen molar-refractivity contribution in [2.24, 2.45) is 0 Å². The molecule has 79 heavy (non-hydrogen) atoms. The Balaban J connectivity index is 1.42. The molecular weight excluding hydrogens is 1090 g/mol. The minimum atomic E-state index is -3.20. The quantitative estimate of drug-likeness (QED) is 0.0404. The molecule has 460 valence electrons. The Bertz CT molecular complexity index is 1920. The summed E-state index contributed by atoms with van der Waals surface area (Å²) >= 11 is 0. The van der Waals surface area contributed by atoms with Gasteiger partial charge in [0.2, 0.25) is 11.8 Å². The second kappa shape index (κ2) is 29.1. The van der Waals surface area contributed by atoms with Crippen molar-refractivity contribution in [2.75, 3.05) is 46.2 Å². The number of nitrogens with one attached hydrogen (secondary N) is 2. The zero-order valence-electron chi connectivity index (χ0n) is 42.1. The minimum absolute atomic E-state index is 0.831. The summed E-state index contributed by atoms with van der Waals surface area (Å²) in [4.78, 5) is 37.7. The van der Waals surface area contributed by atoms with Gasteiger partial charge in [0.15, 0.2) is 25.2 Å². The maximum absolute atomic E-state index is 13.0. The van der Waals surface area contributed by atoms with Crippen LogP contribution in [-0.2, 0) is 61.8 Å². The van der Waals surface area contributed by atoms with Crippen molar-refractivity contribution in [1.29, 1.82) is 0 Å². The van der Waals surface area contributed by atoms with Gasteiger partial charge >= 0.3 is 5.97 Å². The molecule has 36 heteroatoms. The molecule has 0 aromatic heterocycles. The van der Waals surface area contributed by atoms with Crippen LogP contribution < -0.4 is 10.6 Å². The number of aliphatic carboxylic acids is 1. The first kappa shape index (κ1) is 67.0. The molecule has 30 atom stereocenters. The van der Waals surface area contributed by atoms with E-state index in [4.69, 9.17) is 47.4 Å². The molecule has 0 aliphatic carbocycles. The second-order valence-corrected chi connectivity index (χ2v) is 19.5. The van der Waals surface area contributed by atoms with E-state index in [0.717, 1.165) is 13.8 Å². The van der Waals surface area contributed by atoms with Crippen molar-refractivity contribution in [3.8, 4) is 0 Å². The highest BCUT2D eigenvalue weighted by Gasteiger charge is 2.61. The monoisotopic (exact) mass is 1160 g/mol. The number of aliphatic hydroxyl groups excluding tert-OH is 20. The minimum Gasteiger partial charge on any atom is -0.477 e. The van der Waals surface area contributed by atoms with Crippen LogP contribution in [0, 0.1) is 0 Å². The average molecular weight is 1160 g/mol. The summed E-state index contributed by atoms with van der Waals surface area (Å²) in [6.07, 6.45) is -57.6. The lowest BCUT2D eigenvalue weighted by atomic mass is 9.88. The number of carboxylic acids is 1. The van der Waals surface area contributed by atoms with E-state index in [9.17, 15) is 122 Å². The van der Waals surface area contributed by atoms with Crippen molar-refractivity contribution in [2.45, 2.75) is 204 Å². The van der Waals surface area contributed by atoms with Crippen molar-refractivity contribution in [3.63, 3.8) is 0 Å². The van der Waals surface area contributed by atoms with E-state index in [1.165, 1.54) is 0 Å². The van der Waals surface area contributed by atoms with Crippen LogP contribution in [0.4, 0.5) is 0 Å². The van der Waals surface area contributed by atoms with Gasteiger partial charge in [0.25, 0.3) is 5.79 Å². The van der Waals surface area contributed by atoms with Crippen LogP contribution in [-0.4, -0.2) is 355 Å². The largest absolute Gasteiger partial charge is 0.477 e. The Kier molecular flexibility index (Phi) is 24.7. The molecule has 5 aliphatic rings. The van der Waals surface area contributed by atoms with E-state index in [1.807, 2.05) is 0 Å². The number of aliphatic hydroxyl groups is 20. The Labute approximate surface area is 446 Å². The van der Waals surface area contributed by atoms with Gasteiger partial charge in [-0.1, -0.05) is 0 Å². The van der Waals surface area contributed by atoms with Gasteiger partial charge in [-0.3, -0.25) is 9.59 Å². The first-order chi connectivity index (χ1) is 37.1. The zero-order valence-corrected chi connectivity index (χ0v) is 42.1. The Morgan fingerprint density at radius 3 is 1.58 bits per heavy atom. The number of ether oxygens (including phenoxy) is 10. The maximum Gasteiger partial charge on any atom is 0.364 e. The molecule has 5 saturated heterocycles. The van der Waals surface area contributed by atoms with Crippen molar-refractivity contribution in [3.05, 3.63) is 0 Å². The van der Waals surface area contributed by atoms with Gasteiger partial charge in [0.05, 0.1) is 58.4 Å². The molecule has 23 N–H and O–H groups in total. The smallest absolute Gasteiger partial charge is 0.364 e. The summed E-state index contributed by atoms with van der Waals surface area (Å²) in [7, 11) is 0. The van der Waals surface area contributed by atoms with Gasteiger partial charge < -0.3 is 165 Å². The summed E-state index contributed by atoms with van der Waals surface area (Å²) in [5.74, 6) is -7.03. The van der Waals surface area contributed by atoms with Crippen LogP contribution in [0.15, 0.2) is 0 Å².